The minimum atomic E-state index is -0.442. The van der Waals surface area contributed by atoms with E-state index in [1.807, 2.05) is 37.3 Å². The fourth-order valence-electron chi connectivity index (χ4n) is 2.71. The van der Waals surface area contributed by atoms with Gasteiger partial charge in [0.2, 0.25) is 0 Å². The number of carbonyl (C=O) groups excluding carboxylic acids is 1. The van der Waals surface area contributed by atoms with Gasteiger partial charge in [0, 0.05) is 20.6 Å². The fourth-order valence-corrected chi connectivity index (χ4v) is 3.56. The first-order valence-corrected chi connectivity index (χ1v) is 9.58. The molecule has 0 fully saturated rings. The van der Waals surface area contributed by atoms with Crippen molar-refractivity contribution in [3.05, 3.63) is 56.7 Å². The number of nitrogens with one attached hydrogen (secondary N) is 1. The van der Waals surface area contributed by atoms with Gasteiger partial charge < -0.3 is 4.57 Å². The van der Waals surface area contributed by atoms with Gasteiger partial charge in [-0.05, 0) is 12.5 Å². The average Bonchev–Trinajstić information content (AvgIpc) is 3.08. The Hall–Kier alpha value is -3.14. The number of benzene rings is 1. The number of carbonyl (C=O) groups is 1. The van der Waals surface area contributed by atoms with Gasteiger partial charge >= 0.3 is 5.69 Å². The summed E-state index contributed by atoms with van der Waals surface area (Å²) in [5.74, 6) is -0.224. The predicted octanol–water partition coefficient (Wildman–Crippen LogP) is 0.696. The number of rotatable bonds is 6. The molecule has 0 aliphatic heterocycles. The topological polar surface area (TPSA) is 103 Å². The highest BCUT2D eigenvalue weighted by molar-refractivity contribution is 7.99. The van der Waals surface area contributed by atoms with Crippen LogP contribution in [0.4, 0.5) is 0 Å². The molecule has 0 atom stereocenters. The molecule has 2 heterocycles. The Kier molecular flexibility index (Phi) is 5.78. The molecule has 9 nitrogen and oxygen atoms in total. The van der Waals surface area contributed by atoms with E-state index in [0.717, 1.165) is 10.1 Å². The number of hydrazone groups is 1. The summed E-state index contributed by atoms with van der Waals surface area (Å²) in [7, 11) is 3.00. The number of aromatic nitrogens is 4. The standard InChI is InChI=1S/C18H20N6O3S/c1-4-24-14-15(22(2)18(27)23(3)16(14)26)20-17(24)28-11-13(25)21-19-10-12-8-6-5-7-9-12/h5-10H,4,11H2,1-3H3,(H,21,25)/b19-10+. The summed E-state index contributed by atoms with van der Waals surface area (Å²) in [5.41, 5.74) is 3.14. The number of hydrogen-bond acceptors (Lipinski definition) is 6. The van der Waals surface area contributed by atoms with Crippen molar-refractivity contribution in [2.45, 2.75) is 18.6 Å². The molecule has 0 spiro atoms. The number of amides is 1. The van der Waals surface area contributed by atoms with Crippen molar-refractivity contribution in [2.75, 3.05) is 5.75 Å². The molecule has 3 rings (SSSR count). The van der Waals surface area contributed by atoms with Gasteiger partial charge in [-0.25, -0.2) is 15.2 Å². The summed E-state index contributed by atoms with van der Waals surface area (Å²) in [6, 6.07) is 9.41. The average molecular weight is 400 g/mol. The summed E-state index contributed by atoms with van der Waals surface area (Å²) in [6.45, 7) is 2.36. The largest absolute Gasteiger partial charge is 0.332 e. The van der Waals surface area contributed by atoms with Crippen LogP contribution < -0.4 is 16.7 Å². The van der Waals surface area contributed by atoms with Crippen LogP contribution in [0, 0.1) is 0 Å². The lowest BCUT2D eigenvalue weighted by atomic mass is 10.2. The van der Waals surface area contributed by atoms with Crippen LogP contribution >= 0.6 is 11.8 Å². The molecule has 146 valence electrons. The molecule has 0 radical (unpaired) electrons. The lowest BCUT2D eigenvalue weighted by Gasteiger charge is -2.06. The van der Waals surface area contributed by atoms with E-state index < -0.39 is 11.2 Å². The Balaban J connectivity index is 1.77. The van der Waals surface area contributed by atoms with Crippen molar-refractivity contribution in [1.82, 2.24) is 24.1 Å². The molecule has 2 aromatic heterocycles. The molecule has 28 heavy (non-hydrogen) atoms. The maximum Gasteiger partial charge on any atom is 0.332 e. The second-order valence-electron chi connectivity index (χ2n) is 6.01. The number of hydrogen-bond donors (Lipinski definition) is 1. The molecule has 1 amide bonds. The van der Waals surface area contributed by atoms with E-state index in [-0.39, 0.29) is 11.7 Å². The van der Waals surface area contributed by atoms with Crippen molar-refractivity contribution in [1.29, 1.82) is 0 Å². The molecule has 0 unspecified atom stereocenters. The van der Waals surface area contributed by atoms with Crippen molar-refractivity contribution in [2.24, 2.45) is 19.2 Å². The Morgan fingerprint density at radius 3 is 2.61 bits per heavy atom. The van der Waals surface area contributed by atoms with Crippen molar-refractivity contribution >= 4 is 35.0 Å². The summed E-state index contributed by atoms with van der Waals surface area (Å²) in [5, 5.41) is 4.42. The highest BCUT2D eigenvalue weighted by Crippen LogP contribution is 2.21. The highest BCUT2D eigenvalue weighted by Gasteiger charge is 2.19. The minimum absolute atomic E-state index is 0.0731. The van der Waals surface area contributed by atoms with E-state index in [1.165, 1.54) is 23.4 Å². The van der Waals surface area contributed by atoms with Crippen LogP contribution in [0.1, 0.15) is 12.5 Å². The maximum atomic E-state index is 12.5. The van der Waals surface area contributed by atoms with Crippen LogP contribution in [-0.2, 0) is 25.4 Å². The van der Waals surface area contributed by atoms with Crippen LogP contribution in [0.3, 0.4) is 0 Å². The second-order valence-corrected chi connectivity index (χ2v) is 6.95. The fraction of sp³-hybridized carbons (Fsp3) is 0.278. The maximum absolute atomic E-state index is 12.5. The Bertz CT molecular complexity index is 1160. The zero-order chi connectivity index (χ0) is 20.3. The SMILES string of the molecule is CCn1c(SCC(=O)N/N=C/c2ccccc2)nc2c1c(=O)n(C)c(=O)n2C. The minimum Gasteiger partial charge on any atom is -0.313 e. The number of thioether (sulfide) groups is 1. The third-order valence-electron chi connectivity index (χ3n) is 4.16. The molecular formula is C18H20N6O3S. The van der Waals surface area contributed by atoms with Gasteiger partial charge in [-0.15, -0.1) is 0 Å². The van der Waals surface area contributed by atoms with E-state index in [2.05, 4.69) is 15.5 Å². The molecule has 3 aromatic rings. The van der Waals surface area contributed by atoms with Gasteiger partial charge in [0.05, 0.1) is 12.0 Å². The Morgan fingerprint density at radius 1 is 1.21 bits per heavy atom. The van der Waals surface area contributed by atoms with E-state index in [1.54, 1.807) is 17.8 Å². The van der Waals surface area contributed by atoms with Gasteiger partial charge in [0.25, 0.3) is 11.5 Å². The first kappa shape index (κ1) is 19.6. The summed E-state index contributed by atoms with van der Waals surface area (Å²) in [6.07, 6.45) is 1.56. The van der Waals surface area contributed by atoms with E-state index in [4.69, 9.17) is 0 Å². The lowest BCUT2D eigenvalue weighted by molar-refractivity contribution is -0.118. The quantitative estimate of drug-likeness (QED) is 0.373. The van der Waals surface area contributed by atoms with Crippen molar-refractivity contribution in [3.8, 4) is 0 Å². The molecule has 0 bridgehead atoms. The molecular weight excluding hydrogens is 380 g/mol. The zero-order valence-corrected chi connectivity index (χ0v) is 16.6. The zero-order valence-electron chi connectivity index (χ0n) is 15.7. The second kappa shape index (κ2) is 8.26. The van der Waals surface area contributed by atoms with E-state index in [9.17, 15) is 14.4 Å². The van der Waals surface area contributed by atoms with Crippen LogP contribution in [0.15, 0.2) is 50.2 Å². The van der Waals surface area contributed by atoms with Gasteiger partial charge in [-0.1, -0.05) is 42.1 Å². The number of imidazole rings is 1. The normalized spacial score (nSPS) is 11.4. The first-order valence-electron chi connectivity index (χ1n) is 8.60. The molecule has 10 heteroatoms. The van der Waals surface area contributed by atoms with Gasteiger partial charge in [0.15, 0.2) is 16.3 Å². The van der Waals surface area contributed by atoms with Gasteiger partial charge in [-0.3, -0.25) is 18.7 Å². The van der Waals surface area contributed by atoms with Crippen molar-refractivity contribution < 1.29 is 4.79 Å². The molecule has 1 aromatic carbocycles. The number of nitrogens with zero attached hydrogens (tertiary/aromatic N) is 5. The molecule has 0 saturated heterocycles. The molecule has 0 saturated carbocycles. The summed E-state index contributed by atoms with van der Waals surface area (Å²) in [4.78, 5) is 41.1. The predicted molar refractivity (Wildman–Crippen MR) is 109 cm³/mol. The first-order chi connectivity index (χ1) is 13.4. The third kappa shape index (κ3) is 3.77. The Labute approximate surface area is 164 Å². The van der Waals surface area contributed by atoms with Crippen molar-refractivity contribution in [3.63, 3.8) is 0 Å². The Morgan fingerprint density at radius 2 is 1.93 bits per heavy atom. The van der Waals surface area contributed by atoms with Gasteiger partial charge in [-0.2, -0.15) is 5.10 Å². The molecule has 0 aliphatic carbocycles. The van der Waals surface area contributed by atoms with Crippen LogP contribution in [0.5, 0.6) is 0 Å². The van der Waals surface area contributed by atoms with E-state index >= 15 is 0 Å². The van der Waals surface area contributed by atoms with Gasteiger partial charge in [0.1, 0.15) is 0 Å². The monoisotopic (exact) mass is 400 g/mol. The number of fused-ring (bicyclic) bond motifs is 1. The van der Waals surface area contributed by atoms with Crippen LogP contribution in [0.25, 0.3) is 11.2 Å². The summed E-state index contributed by atoms with van der Waals surface area (Å²) < 4.78 is 4.09. The van der Waals surface area contributed by atoms with Crippen LogP contribution in [-0.4, -0.2) is 36.6 Å². The highest BCUT2D eigenvalue weighted by atomic mass is 32.2. The number of aryl methyl sites for hydroxylation is 2. The summed E-state index contributed by atoms with van der Waals surface area (Å²) >= 11 is 1.18. The van der Waals surface area contributed by atoms with Crippen LogP contribution in [0.2, 0.25) is 0 Å². The lowest BCUT2D eigenvalue weighted by Crippen LogP contribution is -2.37. The molecule has 0 aliphatic rings. The smallest absolute Gasteiger partial charge is 0.313 e. The van der Waals surface area contributed by atoms with E-state index in [0.29, 0.717) is 22.9 Å². The third-order valence-corrected chi connectivity index (χ3v) is 5.14. The molecule has 1 N–H and O–H groups in total.